The zero-order chi connectivity index (χ0) is 22.2. The zero-order valence-electron chi connectivity index (χ0n) is 18.2. The molecule has 0 atom stereocenters. The highest BCUT2D eigenvalue weighted by atomic mass is 16.5. The van der Waals surface area contributed by atoms with Crippen molar-refractivity contribution < 1.29 is 19.1 Å². The maximum atomic E-state index is 12.5. The third-order valence-electron chi connectivity index (χ3n) is 5.19. The molecule has 0 bridgehead atoms. The van der Waals surface area contributed by atoms with Crippen LogP contribution in [0.25, 0.3) is 6.08 Å². The van der Waals surface area contributed by atoms with Crippen LogP contribution in [0.2, 0.25) is 0 Å². The Morgan fingerprint density at radius 1 is 1.19 bits per heavy atom. The molecular weight excluding hydrogens is 394 g/mol. The molecule has 1 aliphatic rings. The molecule has 0 spiro atoms. The van der Waals surface area contributed by atoms with Gasteiger partial charge in [0.15, 0.2) is 11.5 Å². The van der Waals surface area contributed by atoms with Gasteiger partial charge in [0.2, 0.25) is 0 Å². The van der Waals surface area contributed by atoms with Crippen molar-refractivity contribution in [1.29, 1.82) is 0 Å². The van der Waals surface area contributed by atoms with E-state index in [1.807, 2.05) is 24.3 Å². The number of hydrogen-bond acceptors (Lipinski definition) is 5. The highest BCUT2D eigenvalue weighted by Gasteiger charge is 2.23. The van der Waals surface area contributed by atoms with Crippen LogP contribution in [-0.2, 0) is 4.79 Å². The molecule has 1 heterocycles. The zero-order valence-corrected chi connectivity index (χ0v) is 18.2. The first-order valence-electron chi connectivity index (χ1n) is 10.5. The maximum Gasteiger partial charge on any atom is 0.291 e. The lowest BCUT2D eigenvalue weighted by atomic mass is 10.1. The van der Waals surface area contributed by atoms with Crippen LogP contribution in [0.15, 0.2) is 48.2 Å². The minimum absolute atomic E-state index is 0.158. The summed E-state index contributed by atoms with van der Waals surface area (Å²) in [6, 6.07) is 12.4. The van der Waals surface area contributed by atoms with Crippen LogP contribution in [0.5, 0.6) is 11.5 Å². The SMILES string of the molecule is CCN(CC)CCCNC(=O)c1ccc2c(c1)NC(=O)C(=Cc1ccccc1OC)O2. The first-order chi connectivity index (χ1) is 15.0. The van der Waals surface area contributed by atoms with Gasteiger partial charge in [-0.25, -0.2) is 0 Å². The first kappa shape index (κ1) is 22.4. The van der Waals surface area contributed by atoms with E-state index in [9.17, 15) is 9.59 Å². The quantitative estimate of drug-likeness (QED) is 0.476. The average Bonchev–Trinajstić information content (AvgIpc) is 2.79. The third-order valence-corrected chi connectivity index (χ3v) is 5.19. The predicted octanol–water partition coefficient (Wildman–Crippen LogP) is 3.53. The standard InChI is InChI=1S/C24H29N3O4/c1-4-27(5-2)14-8-13-25-23(28)18-11-12-21-19(15-18)26-24(29)22(31-21)16-17-9-6-7-10-20(17)30-3/h6-7,9-12,15-16H,4-5,8,13-14H2,1-3H3,(H,25,28)(H,26,29). The van der Waals surface area contributed by atoms with Gasteiger partial charge >= 0.3 is 0 Å². The lowest BCUT2D eigenvalue weighted by Gasteiger charge is -2.21. The highest BCUT2D eigenvalue weighted by Crippen LogP contribution is 2.33. The topological polar surface area (TPSA) is 79.9 Å². The molecule has 0 aliphatic carbocycles. The Hall–Kier alpha value is -3.32. The Kier molecular flexibility index (Phi) is 7.67. The number of anilines is 1. The summed E-state index contributed by atoms with van der Waals surface area (Å²) in [5.74, 6) is 0.733. The van der Waals surface area contributed by atoms with E-state index in [1.165, 1.54) is 0 Å². The van der Waals surface area contributed by atoms with E-state index < -0.39 is 0 Å². The Morgan fingerprint density at radius 2 is 1.97 bits per heavy atom. The summed E-state index contributed by atoms with van der Waals surface area (Å²) >= 11 is 0. The molecule has 0 fully saturated rings. The molecule has 7 nitrogen and oxygen atoms in total. The Morgan fingerprint density at radius 3 is 2.71 bits per heavy atom. The van der Waals surface area contributed by atoms with Gasteiger partial charge in [0.05, 0.1) is 12.8 Å². The van der Waals surface area contributed by atoms with E-state index in [2.05, 4.69) is 29.4 Å². The number of ether oxygens (including phenoxy) is 2. The Balaban J connectivity index is 1.66. The third kappa shape index (κ3) is 5.64. The van der Waals surface area contributed by atoms with Gasteiger partial charge in [-0.15, -0.1) is 0 Å². The summed E-state index contributed by atoms with van der Waals surface area (Å²) in [6.45, 7) is 7.81. The largest absolute Gasteiger partial charge is 0.496 e. The lowest BCUT2D eigenvalue weighted by Crippen LogP contribution is -2.30. The Labute approximate surface area is 183 Å². The molecule has 0 saturated carbocycles. The van der Waals surface area contributed by atoms with Gasteiger partial charge in [0.25, 0.3) is 11.8 Å². The van der Waals surface area contributed by atoms with Crippen molar-refractivity contribution in [3.63, 3.8) is 0 Å². The number of rotatable bonds is 9. The van der Waals surface area contributed by atoms with Crippen LogP contribution in [0.4, 0.5) is 5.69 Å². The number of nitrogens with one attached hydrogen (secondary N) is 2. The molecule has 2 aromatic rings. The lowest BCUT2D eigenvalue weighted by molar-refractivity contribution is -0.115. The van der Waals surface area contributed by atoms with E-state index in [-0.39, 0.29) is 17.6 Å². The molecule has 0 aromatic heterocycles. The van der Waals surface area contributed by atoms with Gasteiger partial charge < -0.3 is 25.0 Å². The van der Waals surface area contributed by atoms with Crippen molar-refractivity contribution >= 4 is 23.6 Å². The number of amides is 2. The Bertz CT molecular complexity index is 967. The van der Waals surface area contributed by atoms with E-state index in [0.717, 1.165) is 31.6 Å². The fraction of sp³-hybridized carbons (Fsp3) is 0.333. The molecular formula is C24H29N3O4. The number of methoxy groups -OCH3 is 1. The van der Waals surface area contributed by atoms with Gasteiger partial charge in [0, 0.05) is 17.7 Å². The summed E-state index contributed by atoms with van der Waals surface area (Å²) in [5, 5.41) is 5.73. The minimum atomic E-state index is -0.379. The second-order valence-electron chi connectivity index (χ2n) is 7.15. The van der Waals surface area contributed by atoms with Crippen LogP contribution in [0.1, 0.15) is 36.2 Å². The van der Waals surface area contributed by atoms with Crippen LogP contribution < -0.4 is 20.1 Å². The molecule has 0 unspecified atom stereocenters. The summed E-state index contributed by atoms with van der Waals surface area (Å²) in [6.07, 6.45) is 2.52. The summed E-state index contributed by atoms with van der Waals surface area (Å²) in [5.41, 5.74) is 1.68. The molecule has 3 rings (SSSR count). The average molecular weight is 424 g/mol. The van der Waals surface area contributed by atoms with Gasteiger partial charge in [-0.05, 0) is 56.4 Å². The molecule has 0 radical (unpaired) electrons. The number of carbonyl (C=O) groups is 2. The molecule has 2 N–H and O–H groups in total. The number of benzene rings is 2. The van der Waals surface area contributed by atoms with E-state index in [4.69, 9.17) is 9.47 Å². The van der Waals surface area contributed by atoms with Crippen molar-refractivity contribution in [2.24, 2.45) is 0 Å². The number of fused-ring (bicyclic) bond motifs is 1. The van der Waals surface area contributed by atoms with Gasteiger partial charge in [-0.3, -0.25) is 9.59 Å². The van der Waals surface area contributed by atoms with Crippen LogP contribution >= 0.6 is 0 Å². The molecule has 1 aliphatic heterocycles. The van der Waals surface area contributed by atoms with Crippen molar-refractivity contribution in [2.45, 2.75) is 20.3 Å². The maximum absolute atomic E-state index is 12.5. The van der Waals surface area contributed by atoms with Crippen LogP contribution in [0, 0.1) is 0 Å². The monoisotopic (exact) mass is 423 g/mol. The van der Waals surface area contributed by atoms with E-state index in [1.54, 1.807) is 31.4 Å². The fourth-order valence-electron chi connectivity index (χ4n) is 3.38. The smallest absolute Gasteiger partial charge is 0.291 e. The van der Waals surface area contributed by atoms with E-state index >= 15 is 0 Å². The fourth-order valence-corrected chi connectivity index (χ4v) is 3.38. The number of nitrogens with zero attached hydrogens (tertiary/aromatic N) is 1. The summed E-state index contributed by atoms with van der Waals surface area (Å²) in [4.78, 5) is 27.3. The van der Waals surface area contributed by atoms with Gasteiger partial charge in [-0.2, -0.15) is 0 Å². The number of hydrogen-bond donors (Lipinski definition) is 2. The first-order valence-corrected chi connectivity index (χ1v) is 10.5. The molecule has 7 heteroatoms. The second-order valence-corrected chi connectivity index (χ2v) is 7.15. The van der Waals surface area contributed by atoms with Crippen LogP contribution in [-0.4, -0.2) is 50.0 Å². The molecule has 2 aromatic carbocycles. The van der Waals surface area contributed by atoms with Gasteiger partial charge in [-0.1, -0.05) is 32.0 Å². The molecule has 31 heavy (non-hydrogen) atoms. The number of carbonyl (C=O) groups excluding carboxylic acids is 2. The van der Waals surface area contributed by atoms with Crippen molar-refractivity contribution in [3.05, 3.63) is 59.4 Å². The van der Waals surface area contributed by atoms with Crippen LogP contribution in [0.3, 0.4) is 0 Å². The molecule has 0 saturated heterocycles. The van der Waals surface area contributed by atoms with Gasteiger partial charge in [0.1, 0.15) is 5.75 Å². The minimum Gasteiger partial charge on any atom is -0.496 e. The summed E-state index contributed by atoms with van der Waals surface area (Å²) in [7, 11) is 1.57. The number of para-hydroxylation sites is 1. The second kappa shape index (κ2) is 10.6. The summed E-state index contributed by atoms with van der Waals surface area (Å²) < 4.78 is 11.1. The predicted molar refractivity (Wildman–Crippen MR) is 121 cm³/mol. The van der Waals surface area contributed by atoms with E-state index in [0.29, 0.717) is 29.3 Å². The normalized spacial score (nSPS) is 14.1. The van der Waals surface area contributed by atoms with Crippen molar-refractivity contribution in [3.8, 4) is 11.5 Å². The molecule has 2 amide bonds. The molecule has 164 valence electrons. The highest BCUT2D eigenvalue weighted by molar-refractivity contribution is 6.09. The van der Waals surface area contributed by atoms with Crippen molar-refractivity contribution in [2.75, 3.05) is 38.6 Å². The van der Waals surface area contributed by atoms with Crippen molar-refractivity contribution in [1.82, 2.24) is 10.2 Å².